The Morgan fingerprint density at radius 1 is 1.23 bits per heavy atom. The number of fused-ring (bicyclic) bond motifs is 3. The quantitative estimate of drug-likeness (QED) is 0.675. The van der Waals surface area contributed by atoms with Gasteiger partial charge in [0, 0.05) is 31.7 Å². The second-order valence-corrected chi connectivity index (χ2v) is 8.84. The van der Waals surface area contributed by atoms with Crippen LogP contribution in [-0.2, 0) is 9.59 Å². The van der Waals surface area contributed by atoms with Crippen LogP contribution in [0.15, 0.2) is 36.4 Å². The van der Waals surface area contributed by atoms with Gasteiger partial charge in [0.1, 0.15) is 5.75 Å². The number of carbonyl (C=O) groups excluding carboxylic acids is 2. The largest absolute Gasteiger partial charge is 0.497 e. The van der Waals surface area contributed by atoms with Crippen LogP contribution in [0.3, 0.4) is 0 Å². The van der Waals surface area contributed by atoms with Crippen molar-refractivity contribution >= 4 is 17.5 Å². The summed E-state index contributed by atoms with van der Waals surface area (Å²) in [5.41, 5.74) is 0.850. The highest BCUT2D eigenvalue weighted by Crippen LogP contribution is 2.36. The third kappa shape index (κ3) is 3.97. The van der Waals surface area contributed by atoms with Gasteiger partial charge in [-0.1, -0.05) is 19.1 Å². The maximum absolute atomic E-state index is 13.2. The number of hydrogen-bond donors (Lipinski definition) is 0. The molecule has 1 aromatic carbocycles. The molecular formula is C24H33N3O3. The molecule has 1 aliphatic carbocycles. The minimum Gasteiger partial charge on any atom is -0.497 e. The van der Waals surface area contributed by atoms with Crippen LogP contribution in [0.25, 0.3) is 0 Å². The first-order chi connectivity index (χ1) is 14.5. The third-order valence-electron chi connectivity index (χ3n) is 6.91. The van der Waals surface area contributed by atoms with Gasteiger partial charge in [-0.2, -0.15) is 0 Å². The summed E-state index contributed by atoms with van der Waals surface area (Å²) in [5, 5.41) is 0. The van der Waals surface area contributed by atoms with Crippen molar-refractivity contribution in [3.63, 3.8) is 0 Å². The van der Waals surface area contributed by atoms with E-state index in [2.05, 4.69) is 28.9 Å². The van der Waals surface area contributed by atoms with E-state index in [4.69, 9.17) is 4.74 Å². The van der Waals surface area contributed by atoms with Gasteiger partial charge in [-0.25, -0.2) is 0 Å². The lowest BCUT2D eigenvalue weighted by Crippen LogP contribution is -2.65. The van der Waals surface area contributed by atoms with E-state index in [9.17, 15) is 9.59 Å². The van der Waals surface area contributed by atoms with Crippen molar-refractivity contribution in [2.75, 3.05) is 32.1 Å². The number of benzene rings is 1. The van der Waals surface area contributed by atoms with Crippen molar-refractivity contribution in [1.29, 1.82) is 0 Å². The Bertz CT molecular complexity index is 806. The molecule has 4 rings (SSSR count). The van der Waals surface area contributed by atoms with Gasteiger partial charge in [0.2, 0.25) is 11.8 Å². The first-order valence-corrected chi connectivity index (χ1v) is 11.1. The van der Waals surface area contributed by atoms with Crippen LogP contribution in [0, 0.1) is 5.92 Å². The molecule has 0 radical (unpaired) electrons. The monoisotopic (exact) mass is 411 g/mol. The van der Waals surface area contributed by atoms with Crippen LogP contribution in [0.2, 0.25) is 0 Å². The van der Waals surface area contributed by atoms with E-state index in [0.29, 0.717) is 31.3 Å². The standard InChI is InChI=1S/C24H33N3O3/c1-17-8-13-20-22(16-17)27(24(29)21-6-4-14-26(20)21)15-5-7-23(28)25(2)18-9-11-19(30-3)12-10-18/h8-13,17,20-22H,4-7,14-16H2,1-3H3/t17-,20?,21-,22?/m0/s1. The average Bonchev–Trinajstić information content (AvgIpc) is 3.25. The van der Waals surface area contributed by atoms with E-state index in [0.717, 1.165) is 37.2 Å². The first kappa shape index (κ1) is 20.9. The van der Waals surface area contributed by atoms with Crippen LogP contribution >= 0.6 is 0 Å². The van der Waals surface area contributed by atoms with Gasteiger partial charge in [-0.05, 0) is 62.4 Å². The van der Waals surface area contributed by atoms with Crippen LogP contribution in [0.4, 0.5) is 5.69 Å². The average molecular weight is 412 g/mol. The van der Waals surface area contributed by atoms with E-state index in [1.807, 2.05) is 24.3 Å². The van der Waals surface area contributed by atoms with Gasteiger partial charge in [-0.15, -0.1) is 0 Å². The fourth-order valence-electron chi connectivity index (χ4n) is 5.23. The molecule has 0 N–H and O–H groups in total. The molecule has 162 valence electrons. The van der Waals surface area contributed by atoms with Crippen molar-refractivity contribution in [2.24, 2.45) is 5.92 Å². The number of hydrogen-bond acceptors (Lipinski definition) is 4. The zero-order chi connectivity index (χ0) is 21.3. The van der Waals surface area contributed by atoms with Gasteiger partial charge >= 0.3 is 0 Å². The van der Waals surface area contributed by atoms with Gasteiger partial charge < -0.3 is 14.5 Å². The first-order valence-electron chi connectivity index (χ1n) is 11.1. The number of allylic oxidation sites excluding steroid dienone is 1. The van der Waals surface area contributed by atoms with E-state index < -0.39 is 0 Å². The van der Waals surface area contributed by atoms with Gasteiger partial charge in [-0.3, -0.25) is 14.5 Å². The second kappa shape index (κ2) is 8.80. The molecule has 0 spiro atoms. The number of carbonyl (C=O) groups is 2. The summed E-state index contributed by atoms with van der Waals surface area (Å²) in [6.07, 6.45) is 8.82. The Morgan fingerprint density at radius 2 is 2.00 bits per heavy atom. The fraction of sp³-hybridized carbons (Fsp3) is 0.583. The van der Waals surface area contributed by atoms with Gasteiger partial charge in [0.25, 0.3) is 0 Å². The minimum absolute atomic E-state index is 0.0296. The highest BCUT2D eigenvalue weighted by molar-refractivity contribution is 5.92. The molecule has 2 saturated heterocycles. The zero-order valence-electron chi connectivity index (χ0n) is 18.3. The predicted molar refractivity (Wildman–Crippen MR) is 118 cm³/mol. The number of methoxy groups -OCH3 is 1. The summed E-state index contributed by atoms with van der Waals surface area (Å²) >= 11 is 0. The molecule has 3 aliphatic rings. The van der Waals surface area contributed by atoms with Crippen LogP contribution in [0.5, 0.6) is 5.75 Å². The Kier molecular flexibility index (Phi) is 6.14. The highest BCUT2D eigenvalue weighted by atomic mass is 16.5. The number of piperazine rings is 1. The molecule has 2 aliphatic heterocycles. The molecule has 6 heteroatoms. The predicted octanol–water partition coefficient (Wildman–Crippen LogP) is 3.08. The molecule has 2 amide bonds. The molecule has 2 unspecified atom stereocenters. The summed E-state index contributed by atoms with van der Waals surface area (Å²) in [6, 6.07) is 8.10. The van der Waals surface area contributed by atoms with Gasteiger partial charge in [0.05, 0.1) is 19.2 Å². The van der Waals surface area contributed by atoms with Crippen LogP contribution < -0.4 is 9.64 Å². The van der Waals surface area contributed by atoms with Crippen molar-refractivity contribution in [3.8, 4) is 5.75 Å². The number of amides is 2. The van der Waals surface area contributed by atoms with Gasteiger partial charge in [0.15, 0.2) is 0 Å². The van der Waals surface area contributed by atoms with E-state index >= 15 is 0 Å². The molecule has 0 aromatic heterocycles. The lowest BCUT2D eigenvalue weighted by atomic mass is 9.84. The van der Waals surface area contributed by atoms with Crippen molar-refractivity contribution in [1.82, 2.24) is 9.80 Å². The zero-order valence-corrected chi connectivity index (χ0v) is 18.3. The van der Waals surface area contributed by atoms with Crippen molar-refractivity contribution < 1.29 is 14.3 Å². The minimum atomic E-state index is 0.0296. The highest BCUT2D eigenvalue weighted by Gasteiger charge is 2.48. The van der Waals surface area contributed by atoms with E-state index in [-0.39, 0.29) is 23.9 Å². The molecule has 0 saturated carbocycles. The van der Waals surface area contributed by atoms with E-state index in [1.165, 1.54) is 0 Å². The molecular weight excluding hydrogens is 378 g/mol. The van der Waals surface area contributed by atoms with Crippen LogP contribution in [0.1, 0.15) is 39.0 Å². The summed E-state index contributed by atoms with van der Waals surface area (Å²) < 4.78 is 5.18. The lowest BCUT2D eigenvalue weighted by molar-refractivity contribution is -0.148. The van der Waals surface area contributed by atoms with E-state index in [1.54, 1.807) is 19.1 Å². The molecule has 2 heterocycles. The van der Waals surface area contributed by atoms with Crippen molar-refractivity contribution in [2.45, 2.75) is 57.2 Å². The Morgan fingerprint density at radius 3 is 2.73 bits per heavy atom. The smallest absolute Gasteiger partial charge is 0.240 e. The number of anilines is 1. The third-order valence-corrected chi connectivity index (χ3v) is 6.91. The summed E-state index contributed by atoms with van der Waals surface area (Å²) in [4.78, 5) is 32.1. The molecule has 6 nitrogen and oxygen atoms in total. The maximum atomic E-state index is 13.2. The Hall–Kier alpha value is -2.34. The molecule has 1 aromatic rings. The molecule has 0 bridgehead atoms. The summed E-state index contributed by atoms with van der Waals surface area (Å²) in [6.45, 7) is 3.90. The number of nitrogens with zero attached hydrogens (tertiary/aromatic N) is 3. The molecule has 2 fully saturated rings. The summed E-state index contributed by atoms with van der Waals surface area (Å²) in [7, 11) is 3.43. The number of ether oxygens (including phenoxy) is 1. The maximum Gasteiger partial charge on any atom is 0.240 e. The SMILES string of the molecule is COc1ccc(N(C)C(=O)CCCN2C(=O)[C@@H]3CCCN3C3C=C[C@H](C)CC32)cc1. The lowest BCUT2D eigenvalue weighted by Gasteiger charge is -2.50. The Balaban J connectivity index is 1.37. The Labute approximate surface area is 179 Å². The number of rotatable bonds is 6. The molecule has 4 atom stereocenters. The normalized spacial score (nSPS) is 28.2. The van der Waals surface area contributed by atoms with Crippen LogP contribution in [-0.4, -0.2) is 67.0 Å². The second-order valence-electron chi connectivity index (χ2n) is 8.84. The van der Waals surface area contributed by atoms with Crippen molar-refractivity contribution in [3.05, 3.63) is 36.4 Å². The molecule has 30 heavy (non-hydrogen) atoms. The summed E-state index contributed by atoms with van der Waals surface area (Å²) in [5.74, 6) is 1.60. The fourth-order valence-corrected chi connectivity index (χ4v) is 5.23. The topological polar surface area (TPSA) is 53.1 Å².